The van der Waals surface area contributed by atoms with E-state index < -0.39 is 0 Å². The summed E-state index contributed by atoms with van der Waals surface area (Å²) in [5, 5.41) is 9.81. The van der Waals surface area contributed by atoms with Gasteiger partial charge in [-0.1, -0.05) is 164 Å². The van der Waals surface area contributed by atoms with Crippen molar-refractivity contribution in [2.24, 2.45) is 0 Å². The van der Waals surface area contributed by atoms with Gasteiger partial charge in [-0.2, -0.15) is 0 Å². The highest BCUT2D eigenvalue weighted by atomic mass is 16.3. The summed E-state index contributed by atoms with van der Waals surface area (Å²) in [6.45, 7) is 0. The number of rotatable bonds is 6. The van der Waals surface area contributed by atoms with Crippen molar-refractivity contribution in [3.05, 3.63) is 218 Å². The van der Waals surface area contributed by atoms with E-state index in [0.717, 1.165) is 83.4 Å². The number of hydrogen-bond donors (Lipinski definition) is 0. The fraction of sp³-hybridized carbons (Fsp3) is 0. The summed E-state index contributed by atoms with van der Waals surface area (Å²) < 4.78 is 6.21. The fourth-order valence-electron chi connectivity index (χ4n) is 9.05. The van der Waals surface area contributed by atoms with E-state index in [4.69, 9.17) is 14.4 Å². The molecule has 0 aliphatic rings. The van der Waals surface area contributed by atoms with Gasteiger partial charge >= 0.3 is 0 Å². The third kappa shape index (κ3) is 6.14. The first kappa shape index (κ1) is 34.9. The van der Waals surface area contributed by atoms with Crippen molar-refractivity contribution < 1.29 is 4.42 Å². The maximum atomic E-state index is 6.21. The van der Waals surface area contributed by atoms with Gasteiger partial charge in [-0.05, 0) is 120 Å². The molecule has 0 unspecified atom stereocenters. The highest BCUT2D eigenvalue weighted by Gasteiger charge is 2.16. The first-order valence-electron chi connectivity index (χ1n) is 20.7. The van der Waals surface area contributed by atoms with Crippen molar-refractivity contribution in [2.45, 2.75) is 0 Å². The Hall–Kier alpha value is -8.14. The topological polar surface area (TPSA) is 38.9 Å². The Morgan fingerprint density at radius 3 is 1.39 bits per heavy atom. The molecule has 284 valence electrons. The molecule has 0 saturated carbocycles. The van der Waals surface area contributed by atoms with E-state index in [1.165, 1.54) is 32.3 Å². The smallest absolute Gasteiger partial charge is 0.160 e. The lowest BCUT2D eigenvalue weighted by atomic mass is 9.91. The number of furan rings is 1. The van der Waals surface area contributed by atoms with Gasteiger partial charge in [0.2, 0.25) is 0 Å². The molecule has 0 N–H and O–H groups in total. The monoisotopic (exact) mass is 776 g/mol. The van der Waals surface area contributed by atoms with Gasteiger partial charge in [-0.25, -0.2) is 9.97 Å². The molecular formula is C58H36N2O. The SMILES string of the molecule is c1ccc(-c2cc(-c3ccc4oc5ccccc5c4c3)cc(-c3cc(-c4cccc(-c5ccc6c7ccccc7c7ccccc7c6c5)c4)nc(-c4ccccc4)n3)c2)cc1. The van der Waals surface area contributed by atoms with Crippen molar-refractivity contribution in [3.8, 4) is 67.3 Å². The Kier molecular flexibility index (Phi) is 8.17. The Balaban J connectivity index is 1.02. The molecule has 0 atom stereocenters. The number of aromatic nitrogens is 2. The normalized spacial score (nSPS) is 11.6. The molecule has 0 bridgehead atoms. The van der Waals surface area contributed by atoms with Crippen LogP contribution >= 0.6 is 0 Å². The molecule has 0 spiro atoms. The van der Waals surface area contributed by atoms with Crippen LogP contribution in [-0.2, 0) is 0 Å². The lowest BCUT2D eigenvalue weighted by Gasteiger charge is -2.14. The van der Waals surface area contributed by atoms with Gasteiger partial charge in [0.1, 0.15) is 11.2 Å². The minimum absolute atomic E-state index is 0.681. The van der Waals surface area contributed by atoms with Crippen LogP contribution in [0.4, 0.5) is 0 Å². The number of benzene rings is 10. The highest BCUT2D eigenvalue weighted by Crippen LogP contribution is 2.40. The zero-order valence-corrected chi connectivity index (χ0v) is 33.1. The number of hydrogen-bond acceptors (Lipinski definition) is 3. The van der Waals surface area contributed by atoms with Gasteiger partial charge in [0, 0.05) is 27.5 Å². The Morgan fingerprint density at radius 2 is 0.672 bits per heavy atom. The van der Waals surface area contributed by atoms with Crippen molar-refractivity contribution in [1.29, 1.82) is 0 Å². The summed E-state index contributed by atoms with van der Waals surface area (Å²) in [5.41, 5.74) is 13.3. The second-order valence-corrected chi connectivity index (χ2v) is 15.7. The summed E-state index contributed by atoms with van der Waals surface area (Å²) in [7, 11) is 0. The van der Waals surface area contributed by atoms with Crippen molar-refractivity contribution in [3.63, 3.8) is 0 Å². The lowest BCUT2D eigenvalue weighted by molar-refractivity contribution is 0.669. The molecule has 0 aliphatic carbocycles. The minimum atomic E-state index is 0.681. The summed E-state index contributed by atoms with van der Waals surface area (Å²) in [4.78, 5) is 10.6. The van der Waals surface area contributed by atoms with Crippen LogP contribution in [0.1, 0.15) is 0 Å². The number of nitrogens with zero attached hydrogens (tertiary/aromatic N) is 2. The van der Waals surface area contributed by atoms with Crippen LogP contribution in [0.2, 0.25) is 0 Å². The average Bonchev–Trinajstić information content (AvgIpc) is 3.72. The molecule has 2 aromatic heterocycles. The molecule has 0 fully saturated rings. The second-order valence-electron chi connectivity index (χ2n) is 15.7. The molecule has 61 heavy (non-hydrogen) atoms. The highest BCUT2D eigenvalue weighted by molar-refractivity contribution is 6.25. The molecule has 0 saturated heterocycles. The maximum absolute atomic E-state index is 6.21. The van der Waals surface area contributed by atoms with E-state index in [9.17, 15) is 0 Å². The quantitative estimate of drug-likeness (QED) is 0.158. The molecule has 0 amide bonds. The first-order chi connectivity index (χ1) is 30.2. The van der Waals surface area contributed by atoms with Crippen LogP contribution in [0, 0.1) is 0 Å². The van der Waals surface area contributed by atoms with Crippen molar-refractivity contribution >= 4 is 54.3 Å². The summed E-state index contributed by atoms with van der Waals surface area (Å²) in [5.74, 6) is 0.681. The average molecular weight is 777 g/mol. The molecule has 0 aliphatic heterocycles. The van der Waals surface area contributed by atoms with Crippen LogP contribution in [0.15, 0.2) is 223 Å². The zero-order valence-electron chi connectivity index (χ0n) is 33.1. The summed E-state index contributed by atoms with van der Waals surface area (Å²) in [6, 6.07) is 77.7. The van der Waals surface area contributed by atoms with Crippen LogP contribution < -0.4 is 0 Å². The predicted octanol–water partition coefficient (Wildman–Crippen LogP) is 15.8. The molecule has 12 rings (SSSR count). The summed E-state index contributed by atoms with van der Waals surface area (Å²) in [6.07, 6.45) is 0. The zero-order chi connectivity index (χ0) is 40.3. The Labute approximate surface area is 352 Å². The molecule has 0 radical (unpaired) electrons. The number of para-hydroxylation sites is 1. The first-order valence-corrected chi connectivity index (χ1v) is 20.7. The Bertz CT molecular complexity index is 3610. The van der Waals surface area contributed by atoms with Crippen LogP contribution in [-0.4, -0.2) is 9.97 Å². The lowest BCUT2D eigenvalue weighted by Crippen LogP contribution is -1.97. The van der Waals surface area contributed by atoms with Crippen LogP contribution in [0.3, 0.4) is 0 Å². The standard InChI is InChI=1S/C58H36N2O/c1-3-14-37(15-4-1)43-31-44(41-27-29-57-53(35-41)51-24-11-12-25-56(51)61-57)33-45(32-43)55-36-54(59-58(60-55)38-16-5-2-6-17-38)42-19-13-18-39(30-42)40-26-28-50-48-22-8-7-20-46(48)47-21-9-10-23-49(47)52(50)34-40/h1-36H. The third-order valence-electron chi connectivity index (χ3n) is 12.0. The van der Waals surface area contributed by atoms with Gasteiger partial charge in [0.15, 0.2) is 5.82 Å². The van der Waals surface area contributed by atoms with E-state index in [0.29, 0.717) is 5.82 Å². The van der Waals surface area contributed by atoms with Crippen molar-refractivity contribution in [2.75, 3.05) is 0 Å². The van der Waals surface area contributed by atoms with Gasteiger partial charge in [0.25, 0.3) is 0 Å². The minimum Gasteiger partial charge on any atom is -0.456 e. The maximum Gasteiger partial charge on any atom is 0.160 e. The summed E-state index contributed by atoms with van der Waals surface area (Å²) >= 11 is 0. The van der Waals surface area contributed by atoms with Gasteiger partial charge < -0.3 is 4.42 Å². The van der Waals surface area contributed by atoms with E-state index in [1.807, 2.05) is 30.3 Å². The van der Waals surface area contributed by atoms with Crippen LogP contribution in [0.25, 0.3) is 122 Å². The number of fused-ring (bicyclic) bond motifs is 9. The second kappa shape index (κ2) is 14.3. The van der Waals surface area contributed by atoms with Gasteiger partial charge in [0.05, 0.1) is 11.4 Å². The van der Waals surface area contributed by atoms with Crippen molar-refractivity contribution in [1.82, 2.24) is 9.97 Å². The van der Waals surface area contributed by atoms with Crippen LogP contribution in [0.5, 0.6) is 0 Å². The van der Waals surface area contributed by atoms with Gasteiger partial charge in [-0.15, -0.1) is 0 Å². The fourth-order valence-corrected chi connectivity index (χ4v) is 9.05. The largest absolute Gasteiger partial charge is 0.456 e. The Morgan fingerprint density at radius 1 is 0.230 bits per heavy atom. The van der Waals surface area contributed by atoms with E-state index in [1.54, 1.807) is 0 Å². The molecular weight excluding hydrogens is 741 g/mol. The van der Waals surface area contributed by atoms with E-state index in [-0.39, 0.29) is 0 Å². The molecule has 2 heterocycles. The van der Waals surface area contributed by atoms with E-state index >= 15 is 0 Å². The van der Waals surface area contributed by atoms with Gasteiger partial charge in [-0.3, -0.25) is 0 Å². The third-order valence-corrected chi connectivity index (χ3v) is 12.0. The molecule has 3 nitrogen and oxygen atoms in total. The molecule has 3 heteroatoms. The molecule has 12 aromatic rings. The van der Waals surface area contributed by atoms with E-state index in [2.05, 4.69) is 188 Å². The molecule has 10 aromatic carbocycles. The predicted molar refractivity (Wildman–Crippen MR) is 254 cm³/mol.